The molecule has 1 saturated carbocycles. The third-order valence-electron chi connectivity index (χ3n) is 3.94. The molecule has 1 aliphatic rings. The fourth-order valence-corrected chi connectivity index (χ4v) is 3.17. The summed E-state index contributed by atoms with van der Waals surface area (Å²) in [5.41, 5.74) is 0.902. The van der Waals surface area contributed by atoms with Crippen LogP contribution in [-0.2, 0) is 10.2 Å². The second kappa shape index (κ2) is 4.74. The maximum atomic E-state index is 11.4. The molecule has 0 radical (unpaired) electrons. The van der Waals surface area contributed by atoms with Gasteiger partial charge in [-0.1, -0.05) is 42.8 Å². The van der Waals surface area contributed by atoms with Crippen LogP contribution in [-0.4, -0.2) is 11.1 Å². The Hall–Kier alpha value is -1.57. The number of carboxylic acids is 1. The van der Waals surface area contributed by atoms with E-state index in [2.05, 4.69) is 6.58 Å². The summed E-state index contributed by atoms with van der Waals surface area (Å²) < 4.78 is 0. The lowest BCUT2D eigenvalue weighted by atomic mass is 9.70. The number of carbonyl (C=O) groups is 1. The summed E-state index contributed by atoms with van der Waals surface area (Å²) in [6, 6.07) is 10.0. The van der Waals surface area contributed by atoms with Crippen molar-refractivity contribution in [1.82, 2.24) is 0 Å². The molecule has 2 rings (SSSR count). The molecule has 0 heterocycles. The van der Waals surface area contributed by atoms with Crippen LogP contribution in [0.1, 0.15) is 31.2 Å². The maximum absolute atomic E-state index is 11.4. The summed E-state index contributed by atoms with van der Waals surface area (Å²) in [5, 5.41) is 9.40. The Labute approximate surface area is 102 Å². The minimum Gasteiger partial charge on any atom is -0.481 e. The molecular weight excluding hydrogens is 212 g/mol. The van der Waals surface area contributed by atoms with E-state index >= 15 is 0 Å². The second-order valence-corrected chi connectivity index (χ2v) is 4.80. The molecule has 0 saturated heterocycles. The molecule has 17 heavy (non-hydrogen) atoms. The number of allylic oxidation sites excluding steroid dienone is 1. The van der Waals surface area contributed by atoms with E-state index in [1.165, 1.54) is 0 Å². The fourth-order valence-electron chi connectivity index (χ4n) is 3.17. The summed E-state index contributed by atoms with van der Waals surface area (Å²) in [5.74, 6) is -0.948. The third kappa shape index (κ3) is 1.99. The van der Waals surface area contributed by atoms with Gasteiger partial charge in [-0.3, -0.25) is 4.79 Å². The van der Waals surface area contributed by atoms with Gasteiger partial charge in [0.15, 0.2) is 0 Å². The average Bonchev–Trinajstić information content (AvgIpc) is 2.76. The van der Waals surface area contributed by atoms with Crippen molar-refractivity contribution in [2.75, 3.05) is 0 Å². The largest absolute Gasteiger partial charge is 0.481 e. The molecule has 1 N–H and O–H groups in total. The molecule has 2 atom stereocenters. The smallest absolute Gasteiger partial charge is 0.307 e. The second-order valence-electron chi connectivity index (χ2n) is 4.80. The summed E-state index contributed by atoms with van der Waals surface area (Å²) in [7, 11) is 0. The molecule has 2 unspecified atom stereocenters. The number of carboxylic acid groups (broad SMARTS) is 1. The van der Waals surface area contributed by atoms with Crippen LogP contribution in [0.5, 0.6) is 0 Å². The van der Waals surface area contributed by atoms with Crippen LogP contribution >= 0.6 is 0 Å². The monoisotopic (exact) mass is 230 g/mol. The van der Waals surface area contributed by atoms with Crippen molar-refractivity contribution in [3.63, 3.8) is 0 Å². The standard InChI is InChI=1S/C15H18O2/c1-2-10-15(12-7-4-3-5-8-12)11-6-9-13(15)14(16)17/h2-5,7-8,13H,1,6,9-11H2,(H,16,17). The minimum atomic E-state index is -0.673. The van der Waals surface area contributed by atoms with Crippen molar-refractivity contribution in [3.8, 4) is 0 Å². The first-order chi connectivity index (χ1) is 8.20. The predicted molar refractivity (Wildman–Crippen MR) is 67.9 cm³/mol. The van der Waals surface area contributed by atoms with Gasteiger partial charge in [-0.05, 0) is 24.8 Å². The quantitative estimate of drug-likeness (QED) is 0.805. The van der Waals surface area contributed by atoms with Gasteiger partial charge in [0.25, 0.3) is 0 Å². The van der Waals surface area contributed by atoms with E-state index in [1.807, 2.05) is 36.4 Å². The molecule has 1 fully saturated rings. The van der Waals surface area contributed by atoms with Crippen LogP contribution in [0.4, 0.5) is 0 Å². The zero-order valence-electron chi connectivity index (χ0n) is 9.93. The van der Waals surface area contributed by atoms with Crippen LogP contribution in [0.15, 0.2) is 43.0 Å². The Morgan fingerprint density at radius 2 is 2.18 bits per heavy atom. The van der Waals surface area contributed by atoms with Crippen LogP contribution in [0.25, 0.3) is 0 Å². The molecule has 1 aliphatic carbocycles. The predicted octanol–water partition coefficient (Wildman–Crippen LogP) is 3.39. The number of benzene rings is 1. The Morgan fingerprint density at radius 3 is 2.76 bits per heavy atom. The Morgan fingerprint density at radius 1 is 1.47 bits per heavy atom. The third-order valence-corrected chi connectivity index (χ3v) is 3.94. The maximum Gasteiger partial charge on any atom is 0.307 e. The first-order valence-corrected chi connectivity index (χ1v) is 6.10. The molecule has 2 nitrogen and oxygen atoms in total. The molecule has 0 aromatic heterocycles. The molecule has 0 spiro atoms. The van der Waals surface area contributed by atoms with E-state index in [0.29, 0.717) is 0 Å². The lowest BCUT2D eigenvalue weighted by molar-refractivity contribution is -0.143. The summed E-state index contributed by atoms with van der Waals surface area (Å²) >= 11 is 0. The van der Waals surface area contributed by atoms with Gasteiger partial charge in [0.2, 0.25) is 0 Å². The highest BCUT2D eigenvalue weighted by Gasteiger charge is 2.46. The molecule has 90 valence electrons. The van der Waals surface area contributed by atoms with Gasteiger partial charge < -0.3 is 5.11 Å². The van der Waals surface area contributed by atoms with Crippen molar-refractivity contribution in [2.24, 2.45) is 5.92 Å². The number of aliphatic carboxylic acids is 1. The SMILES string of the molecule is C=CCC1(c2ccccc2)CCCC1C(=O)O. The van der Waals surface area contributed by atoms with Crippen LogP contribution in [0.3, 0.4) is 0 Å². The van der Waals surface area contributed by atoms with Crippen molar-refractivity contribution < 1.29 is 9.90 Å². The van der Waals surface area contributed by atoms with Gasteiger partial charge in [-0.25, -0.2) is 0 Å². The number of hydrogen-bond donors (Lipinski definition) is 1. The zero-order valence-corrected chi connectivity index (χ0v) is 9.93. The fraction of sp³-hybridized carbons (Fsp3) is 0.400. The summed E-state index contributed by atoms with van der Waals surface area (Å²) in [6.45, 7) is 3.80. The van der Waals surface area contributed by atoms with Crippen LogP contribution in [0.2, 0.25) is 0 Å². The Balaban J connectivity index is 2.45. The molecule has 0 amide bonds. The van der Waals surface area contributed by atoms with Crippen LogP contribution in [0, 0.1) is 5.92 Å². The van der Waals surface area contributed by atoms with Crippen molar-refractivity contribution >= 4 is 5.97 Å². The van der Waals surface area contributed by atoms with E-state index in [9.17, 15) is 9.90 Å². The van der Waals surface area contributed by atoms with Gasteiger partial charge in [0, 0.05) is 5.41 Å². The number of hydrogen-bond acceptors (Lipinski definition) is 1. The Bertz CT molecular complexity index is 410. The zero-order chi connectivity index (χ0) is 12.3. The van der Waals surface area contributed by atoms with Crippen molar-refractivity contribution in [2.45, 2.75) is 31.1 Å². The molecule has 0 bridgehead atoms. The molecular formula is C15H18O2. The van der Waals surface area contributed by atoms with Crippen molar-refractivity contribution in [3.05, 3.63) is 48.6 Å². The van der Waals surface area contributed by atoms with E-state index in [1.54, 1.807) is 0 Å². The van der Waals surface area contributed by atoms with Gasteiger partial charge in [-0.15, -0.1) is 6.58 Å². The molecule has 2 heteroatoms. The molecule has 1 aromatic carbocycles. The van der Waals surface area contributed by atoms with Gasteiger partial charge in [0.1, 0.15) is 0 Å². The van der Waals surface area contributed by atoms with E-state index in [0.717, 1.165) is 31.2 Å². The minimum absolute atomic E-state index is 0.241. The van der Waals surface area contributed by atoms with E-state index in [4.69, 9.17) is 0 Å². The van der Waals surface area contributed by atoms with Gasteiger partial charge in [-0.2, -0.15) is 0 Å². The number of rotatable bonds is 4. The van der Waals surface area contributed by atoms with Gasteiger partial charge in [0.05, 0.1) is 5.92 Å². The lowest BCUT2D eigenvalue weighted by Gasteiger charge is -2.33. The highest BCUT2D eigenvalue weighted by atomic mass is 16.4. The van der Waals surface area contributed by atoms with E-state index < -0.39 is 5.97 Å². The normalized spacial score (nSPS) is 27.9. The highest BCUT2D eigenvalue weighted by molar-refractivity contribution is 5.73. The summed E-state index contributed by atoms with van der Waals surface area (Å²) in [6.07, 6.45) is 5.31. The Kier molecular flexibility index (Phi) is 3.32. The van der Waals surface area contributed by atoms with E-state index in [-0.39, 0.29) is 11.3 Å². The first-order valence-electron chi connectivity index (χ1n) is 6.10. The van der Waals surface area contributed by atoms with Crippen molar-refractivity contribution in [1.29, 1.82) is 0 Å². The molecule has 1 aromatic rings. The van der Waals surface area contributed by atoms with Crippen LogP contribution < -0.4 is 0 Å². The topological polar surface area (TPSA) is 37.3 Å². The lowest BCUT2D eigenvalue weighted by Crippen LogP contribution is -2.35. The first kappa shape index (κ1) is 11.9. The van der Waals surface area contributed by atoms with Gasteiger partial charge >= 0.3 is 5.97 Å². The summed E-state index contributed by atoms with van der Waals surface area (Å²) in [4.78, 5) is 11.4. The highest BCUT2D eigenvalue weighted by Crippen LogP contribution is 2.48. The average molecular weight is 230 g/mol. The molecule has 0 aliphatic heterocycles.